The quantitative estimate of drug-likeness (QED) is 0.271. The number of hydrogen-bond donors (Lipinski definition) is 1. The Labute approximate surface area is 211 Å². The minimum absolute atomic E-state index is 0.196. The van der Waals surface area contributed by atoms with E-state index < -0.39 is 0 Å². The van der Waals surface area contributed by atoms with Gasteiger partial charge < -0.3 is 5.32 Å². The molecule has 2 nitrogen and oxygen atoms in total. The van der Waals surface area contributed by atoms with Crippen LogP contribution in [-0.2, 0) is 0 Å². The summed E-state index contributed by atoms with van der Waals surface area (Å²) in [5.74, 6) is 0. The second kappa shape index (κ2) is 11.9. The zero-order valence-electron chi connectivity index (χ0n) is 24.4. The van der Waals surface area contributed by atoms with E-state index in [1.54, 1.807) is 0 Å². The molecule has 2 heteroatoms. The topological polar surface area (TPSA) is 24.4 Å². The van der Waals surface area contributed by atoms with Crippen molar-refractivity contribution in [1.82, 2.24) is 0 Å². The van der Waals surface area contributed by atoms with Crippen LogP contribution in [0.5, 0.6) is 0 Å². The SMILES string of the molecule is C=Nc1c(NC)c(/C(C)=C/C=C(C)C(C)(C)CC)c(C)c(C)c1/C(C)=C/C=C(C)C(C)(C)CC. The third-order valence-electron chi connectivity index (χ3n) is 8.30. The van der Waals surface area contributed by atoms with Gasteiger partial charge in [-0.2, -0.15) is 0 Å². The van der Waals surface area contributed by atoms with Crippen molar-refractivity contribution in [2.75, 3.05) is 12.4 Å². The normalized spacial score (nSPS) is 14.5. The Balaban J connectivity index is 3.78. The molecule has 0 radical (unpaired) electrons. The fraction of sp³-hybridized carbons (Fsp3) is 0.531. The molecule has 0 saturated heterocycles. The maximum absolute atomic E-state index is 4.53. The molecule has 0 aliphatic heterocycles. The highest BCUT2D eigenvalue weighted by Gasteiger charge is 2.21. The number of rotatable bonds is 10. The summed E-state index contributed by atoms with van der Waals surface area (Å²) in [5.41, 5.74) is 12.5. The number of anilines is 1. The lowest BCUT2D eigenvalue weighted by Gasteiger charge is -2.25. The van der Waals surface area contributed by atoms with Crippen molar-refractivity contribution in [2.24, 2.45) is 15.8 Å². The van der Waals surface area contributed by atoms with Crippen LogP contribution >= 0.6 is 0 Å². The van der Waals surface area contributed by atoms with Crippen LogP contribution in [0.2, 0.25) is 0 Å². The van der Waals surface area contributed by atoms with E-state index in [2.05, 4.69) is 124 Å². The average molecular weight is 463 g/mol. The third-order valence-corrected chi connectivity index (χ3v) is 8.30. The van der Waals surface area contributed by atoms with Crippen LogP contribution in [-0.4, -0.2) is 13.8 Å². The molecule has 1 N–H and O–H groups in total. The fourth-order valence-electron chi connectivity index (χ4n) is 4.04. The summed E-state index contributed by atoms with van der Waals surface area (Å²) in [4.78, 5) is 4.53. The number of aliphatic imine (C=N–C) groups is 1. The van der Waals surface area contributed by atoms with E-state index in [1.807, 2.05) is 7.05 Å². The van der Waals surface area contributed by atoms with Crippen molar-refractivity contribution in [3.8, 4) is 0 Å². The molecule has 0 spiro atoms. The van der Waals surface area contributed by atoms with Crippen LogP contribution in [0.3, 0.4) is 0 Å². The summed E-state index contributed by atoms with van der Waals surface area (Å²) in [6.07, 6.45) is 11.3. The van der Waals surface area contributed by atoms with Gasteiger partial charge in [-0.25, -0.2) is 0 Å². The minimum Gasteiger partial charge on any atom is -0.386 e. The second-order valence-corrected chi connectivity index (χ2v) is 11.0. The zero-order chi connectivity index (χ0) is 26.4. The standard InChI is InChI=1S/C32H50N2/c1-15-31(9,10)23(5)19-17-21(3)27-25(7)26(8)28(30(34-14)29(27)33-13)22(4)18-20-24(6)32(11,12)16-2/h17-20,34H,13,15-16H2,1-12,14H3/b21-17+,22-18+,23-19?,24-20?. The second-order valence-electron chi connectivity index (χ2n) is 11.0. The Bertz CT molecular complexity index is 1020. The lowest BCUT2D eigenvalue weighted by molar-refractivity contribution is 0.429. The maximum Gasteiger partial charge on any atom is 0.0937 e. The molecule has 0 aromatic heterocycles. The van der Waals surface area contributed by atoms with Gasteiger partial charge in [-0.1, -0.05) is 77.0 Å². The first-order valence-corrected chi connectivity index (χ1v) is 12.7. The molecule has 0 unspecified atom stereocenters. The van der Waals surface area contributed by atoms with E-state index in [4.69, 9.17) is 0 Å². The molecule has 0 bridgehead atoms. The van der Waals surface area contributed by atoms with Crippen LogP contribution in [0.15, 0.2) is 40.4 Å². The van der Waals surface area contributed by atoms with Gasteiger partial charge >= 0.3 is 0 Å². The Hall–Kier alpha value is -2.35. The smallest absolute Gasteiger partial charge is 0.0937 e. The van der Waals surface area contributed by atoms with Crippen molar-refractivity contribution >= 4 is 29.2 Å². The third kappa shape index (κ3) is 6.40. The van der Waals surface area contributed by atoms with Crippen molar-refractivity contribution in [3.63, 3.8) is 0 Å². The zero-order valence-corrected chi connectivity index (χ0v) is 24.4. The molecule has 0 atom stereocenters. The van der Waals surface area contributed by atoms with Crippen molar-refractivity contribution in [2.45, 2.75) is 95.9 Å². The molecule has 0 amide bonds. The number of nitrogens with zero attached hydrogens (tertiary/aromatic N) is 1. The highest BCUT2D eigenvalue weighted by atomic mass is 14.9. The molecule has 0 aliphatic rings. The summed E-state index contributed by atoms with van der Waals surface area (Å²) in [7, 11) is 1.98. The molecular weight excluding hydrogens is 412 g/mol. The first-order chi connectivity index (χ1) is 15.7. The van der Waals surface area contributed by atoms with Crippen molar-refractivity contribution < 1.29 is 0 Å². The van der Waals surface area contributed by atoms with E-state index in [0.717, 1.165) is 24.2 Å². The largest absolute Gasteiger partial charge is 0.386 e. The number of hydrogen-bond acceptors (Lipinski definition) is 2. The van der Waals surface area contributed by atoms with Crippen LogP contribution in [0.4, 0.5) is 11.4 Å². The predicted molar refractivity (Wildman–Crippen MR) is 158 cm³/mol. The summed E-state index contributed by atoms with van der Waals surface area (Å²) in [6.45, 7) is 30.9. The van der Waals surface area contributed by atoms with Gasteiger partial charge in [0.05, 0.1) is 11.4 Å². The van der Waals surface area contributed by atoms with Crippen molar-refractivity contribution in [3.05, 3.63) is 57.7 Å². The number of nitrogens with one attached hydrogen (secondary N) is 1. The molecule has 188 valence electrons. The number of benzene rings is 1. The highest BCUT2D eigenvalue weighted by molar-refractivity contribution is 5.94. The molecule has 1 aromatic carbocycles. The molecule has 0 fully saturated rings. The van der Waals surface area contributed by atoms with Crippen LogP contribution < -0.4 is 5.32 Å². The van der Waals surface area contributed by atoms with Gasteiger partial charge in [-0.3, -0.25) is 4.99 Å². The summed E-state index contributed by atoms with van der Waals surface area (Å²) in [6, 6.07) is 0. The molecule has 1 rings (SSSR count). The van der Waals surface area contributed by atoms with Gasteiger partial charge in [0, 0.05) is 18.2 Å². The van der Waals surface area contributed by atoms with E-state index in [1.165, 1.54) is 44.5 Å². The Kier molecular flexibility index (Phi) is 10.4. The predicted octanol–water partition coefficient (Wildman–Crippen LogP) is 10.2. The summed E-state index contributed by atoms with van der Waals surface area (Å²) >= 11 is 0. The molecule has 0 aliphatic carbocycles. The van der Waals surface area contributed by atoms with E-state index in [-0.39, 0.29) is 10.8 Å². The van der Waals surface area contributed by atoms with Gasteiger partial charge in [0.25, 0.3) is 0 Å². The summed E-state index contributed by atoms with van der Waals surface area (Å²) in [5, 5.41) is 3.45. The molecule has 34 heavy (non-hydrogen) atoms. The Morgan fingerprint density at radius 2 is 1.15 bits per heavy atom. The monoisotopic (exact) mass is 462 g/mol. The van der Waals surface area contributed by atoms with E-state index in [0.29, 0.717) is 0 Å². The van der Waals surface area contributed by atoms with Gasteiger partial charge in [-0.15, -0.1) is 0 Å². The van der Waals surface area contributed by atoms with E-state index >= 15 is 0 Å². The van der Waals surface area contributed by atoms with Gasteiger partial charge in [0.1, 0.15) is 0 Å². The van der Waals surface area contributed by atoms with Crippen LogP contribution in [0.25, 0.3) is 11.1 Å². The molecule has 0 heterocycles. The maximum atomic E-state index is 4.53. The van der Waals surface area contributed by atoms with Crippen LogP contribution in [0, 0.1) is 24.7 Å². The van der Waals surface area contributed by atoms with Gasteiger partial charge in [0.2, 0.25) is 0 Å². The average Bonchev–Trinajstić information content (AvgIpc) is 2.81. The lowest BCUT2D eigenvalue weighted by atomic mass is 9.81. The molecule has 1 aromatic rings. The Morgan fingerprint density at radius 1 is 0.765 bits per heavy atom. The minimum atomic E-state index is 0.196. The first kappa shape index (κ1) is 29.7. The lowest BCUT2D eigenvalue weighted by Crippen LogP contribution is -2.10. The van der Waals surface area contributed by atoms with E-state index in [9.17, 15) is 0 Å². The van der Waals surface area contributed by atoms with Crippen molar-refractivity contribution in [1.29, 1.82) is 0 Å². The molecule has 0 saturated carbocycles. The van der Waals surface area contributed by atoms with Gasteiger partial charge in [0.15, 0.2) is 0 Å². The fourth-order valence-corrected chi connectivity index (χ4v) is 4.04. The van der Waals surface area contributed by atoms with Gasteiger partial charge in [-0.05, 0) is 94.2 Å². The molecular formula is C32H50N2. The first-order valence-electron chi connectivity index (χ1n) is 12.7. The summed E-state index contributed by atoms with van der Waals surface area (Å²) < 4.78 is 0. The Morgan fingerprint density at radius 3 is 1.50 bits per heavy atom. The number of allylic oxidation sites excluding steroid dienone is 8. The van der Waals surface area contributed by atoms with Crippen LogP contribution in [0.1, 0.15) is 104 Å². The highest BCUT2D eigenvalue weighted by Crippen LogP contribution is 2.44.